The molecule has 0 saturated heterocycles. The van der Waals surface area contributed by atoms with Crippen LogP contribution in [0.15, 0.2) is 58.6 Å². The van der Waals surface area contributed by atoms with E-state index in [2.05, 4.69) is 22.0 Å². The van der Waals surface area contributed by atoms with Crippen molar-refractivity contribution in [2.24, 2.45) is 0 Å². The SMILES string of the molecule is COc1ccc(/C=C/C(=O)NO)c(OCc2ccc(Br)cc2)c1CC=C(C)C. The summed E-state index contributed by atoms with van der Waals surface area (Å²) in [6.45, 7) is 4.43. The first-order chi connectivity index (χ1) is 13.4. The second-order valence-corrected chi connectivity index (χ2v) is 7.29. The van der Waals surface area contributed by atoms with Crippen molar-refractivity contribution in [2.45, 2.75) is 26.9 Å². The van der Waals surface area contributed by atoms with Crippen molar-refractivity contribution in [1.29, 1.82) is 0 Å². The van der Waals surface area contributed by atoms with Gasteiger partial charge in [-0.2, -0.15) is 0 Å². The molecule has 0 bridgehead atoms. The second-order valence-electron chi connectivity index (χ2n) is 6.37. The molecule has 0 aliphatic carbocycles. The Balaban J connectivity index is 2.44. The Labute approximate surface area is 173 Å². The molecule has 2 aromatic carbocycles. The van der Waals surface area contributed by atoms with E-state index in [1.165, 1.54) is 11.6 Å². The lowest BCUT2D eigenvalue weighted by Crippen LogP contribution is -2.14. The summed E-state index contributed by atoms with van der Waals surface area (Å²) in [6, 6.07) is 11.5. The van der Waals surface area contributed by atoms with E-state index in [0.29, 0.717) is 24.5 Å². The van der Waals surface area contributed by atoms with Crippen LogP contribution in [-0.2, 0) is 17.8 Å². The minimum absolute atomic E-state index is 0.370. The molecular weight excluding hydrogens is 422 g/mol. The number of halogens is 1. The molecule has 0 saturated carbocycles. The number of allylic oxidation sites excluding steroid dienone is 2. The zero-order valence-corrected chi connectivity index (χ0v) is 17.7. The van der Waals surface area contributed by atoms with Crippen LogP contribution in [0, 0.1) is 0 Å². The number of methoxy groups -OCH3 is 1. The molecule has 0 heterocycles. The van der Waals surface area contributed by atoms with Gasteiger partial charge in [-0.3, -0.25) is 10.0 Å². The highest BCUT2D eigenvalue weighted by molar-refractivity contribution is 9.10. The number of ether oxygens (including phenoxy) is 2. The molecule has 0 fully saturated rings. The predicted octanol–water partition coefficient (Wildman–Crippen LogP) is 5.06. The van der Waals surface area contributed by atoms with Crippen LogP contribution in [0.25, 0.3) is 6.08 Å². The van der Waals surface area contributed by atoms with Crippen LogP contribution in [-0.4, -0.2) is 18.2 Å². The molecule has 2 aromatic rings. The van der Waals surface area contributed by atoms with Crippen molar-refractivity contribution in [2.75, 3.05) is 7.11 Å². The molecular formula is C22H24BrNO4. The molecule has 0 aliphatic heterocycles. The number of benzene rings is 2. The Morgan fingerprint density at radius 3 is 2.50 bits per heavy atom. The van der Waals surface area contributed by atoms with Gasteiger partial charge in [0, 0.05) is 21.7 Å². The van der Waals surface area contributed by atoms with Crippen molar-refractivity contribution < 1.29 is 19.5 Å². The summed E-state index contributed by atoms with van der Waals surface area (Å²) in [4.78, 5) is 11.4. The monoisotopic (exact) mass is 445 g/mol. The van der Waals surface area contributed by atoms with Crippen LogP contribution in [0.1, 0.15) is 30.5 Å². The van der Waals surface area contributed by atoms with Crippen molar-refractivity contribution in [3.8, 4) is 11.5 Å². The smallest absolute Gasteiger partial charge is 0.267 e. The van der Waals surface area contributed by atoms with E-state index in [9.17, 15) is 4.79 Å². The molecule has 0 aliphatic rings. The highest BCUT2D eigenvalue weighted by Gasteiger charge is 2.14. The Kier molecular flexibility index (Phi) is 8.29. The predicted molar refractivity (Wildman–Crippen MR) is 114 cm³/mol. The molecule has 0 radical (unpaired) electrons. The summed E-state index contributed by atoms with van der Waals surface area (Å²) < 4.78 is 12.7. The first kappa shape index (κ1) is 21.7. The van der Waals surface area contributed by atoms with Gasteiger partial charge in [0.05, 0.1) is 7.11 Å². The molecule has 1 amide bonds. The molecule has 0 spiro atoms. The van der Waals surface area contributed by atoms with Crippen LogP contribution in [0.3, 0.4) is 0 Å². The maximum Gasteiger partial charge on any atom is 0.267 e. The molecule has 2 N–H and O–H groups in total. The van der Waals surface area contributed by atoms with E-state index in [0.717, 1.165) is 21.2 Å². The standard InChI is InChI=1S/C22H24BrNO4/c1-15(2)4-11-19-20(27-3)12-7-17(8-13-21(25)24-26)22(19)28-14-16-5-9-18(23)10-6-16/h4-10,12-13,26H,11,14H2,1-3H3,(H,24,25)/b13-8+. The van der Waals surface area contributed by atoms with Crippen molar-refractivity contribution >= 4 is 27.9 Å². The maximum absolute atomic E-state index is 11.4. The number of amides is 1. The van der Waals surface area contributed by atoms with Crippen LogP contribution in [0.4, 0.5) is 0 Å². The first-order valence-corrected chi connectivity index (χ1v) is 9.56. The Bertz CT molecular complexity index is 869. The van der Waals surface area contributed by atoms with Gasteiger partial charge in [0.15, 0.2) is 0 Å². The molecule has 148 valence electrons. The van der Waals surface area contributed by atoms with Gasteiger partial charge in [-0.15, -0.1) is 0 Å². The average Bonchev–Trinajstić information content (AvgIpc) is 2.69. The Morgan fingerprint density at radius 2 is 1.89 bits per heavy atom. The number of carbonyl (C=O) groups is 1. The zero-order chi connectivity index (χ0) is 20.5. The van der Waals surface area contributed by atoms with Gasteiger partial charge < -0.3 is 9.47 Å². The van der Waals surface area contributed by atoms with E-state index in [-0.39, 0.29) is 0 Å². The van der Waals surface area contributed by atoms with Crippen molar-refractivity contribution in [3.05, 3.63) is 75.3 Å². The Morgan fingerprint density at radius 1 is 1.18 bits per heavy atom. The summed E-state index contributed by atoms with van der Waals surface area (Å²) in [5, 5.41) is 8.72. The lowest BCUT2D eigenvalue weighted by Gasteiger charge is -2.17. The summed E-state index contributed by atoms with van der Waals surface area (Å²) in [5.74, 6) is 0.745. The zero-order valence-electron chi connectivity index (χ0n) is 16.2. The van der Waals surface area contributed by atoms with Gasteiger partial charge in [-0.05, 0) is 56.2 Å². The highest BCUT2D eigenvalue weighted by Crippen LogP contribution is 2.35. The number of hydrogen-bond donors (Lipinski definition) is 2. The fourth-order valence-corrected chi connectivity index (χ4v) is 2.82. The lowest BCUT2D eigenvalue weighted by atomic mass is 10.0. The first-order valence-electron chi connectivity index (χ1n) is 8.77. The van der Waals surface area contributed by atoms with Gasteiger partial charge >= 0.3 is 0 Å². The number of carbonyl (C=O) groups excluding carboxylic acids is 1. The minimum atomic E-state index is -0.611. The van der Waals surface area contributed by atoms with E-state index >= 15 is 0 Å². The molecule has 6 heteroatoms. The third-order valence-electron chi connectivity index (χ3n) is 4.00. The number of hydrogen-bond acceptors (Lipinski definition) is 4. The van der Waals surface area contributed by atoms with Crippen LogP contribution < -0.4 is 15.0 Å². The maximum atomic E-state index is 11.4. The fraction of sp³-hybridized carbons (Fsp3) is 0.227. The molecule has 2 rings (SSSR count). The average molecular weight is 446 g/mol. The fourth-order valence-electron chi connectivity index (χ4n) is 2.56. The Hall–Kier alpha value is -2.57. The number of nitrogens with one attached hydrogen (secondary N) is 1. The third-order valence-corrected chi connectivity index (χ3v) is 4.53. The van der Waals surface area contributed by atoms with Gasteiger partial charge in [0.2, 0.25) is 0 Å². The second kappa shape index (κ2) is 10.7. The molecule has 0 unspecified atom stereocenters. The highest BCUT2D eigenvalue weighted by atomic mass is 79.9. The van der Waals surface area contributed by atoms with Crippen molar-refractivity contribution in [3.63, 3.8) is 0 Å². The van der Waals surface area contributed by atoms with Gasteiger partial charge in [0.1, 0.15) is 18.1 Å². The van der Waals surface area contributed by atoms with Gasteiger partial charge in [-0.25, -0.2) is 5.48 Å². The van der Waals surface area contributed by atoms with Crippen LogP contribution >= 0.6 is 15.9 Å². The molecule has 0 atom stereocenters. The lowest BCUT2D eigenvalue weighted by molar-refractivity contribution is -0.124. The topological polar surface area (TPSA) is 67.8 Å². The summed E-state index contributed by atoms with van der Waals surface area (Å²) in [6.07, 6.45) is 5.58. The largest absolute Gasteiger partial charge is 0.496 e. The van der Waals surface area contributed by atoms with E-state index in [4.69, 9.17) is 14.7 Å². The van der Waals surface area contributed by atoms with Gasteiger partial charge in [0.25, 0.3) is 5.91 Å². The van der Waals surface area contributed by atoms with E-state index in [1.54, 1.807) is 18.7 Å². The quantitative estimate of drug-likeness (QED) is 0.257. The van der Waals surface area contributed by atoms with Crippen LogP contribution in [0.5, 0.6) is 11.5 Å². The number of hydroxylamine groups is 1. The molecule has 28 heavy (non-hydrogen) atoms. The van der Waals surface area contributed by atoms with Crippen LogP contribution in [0.2, 0.25) is 0 Å². The molecule has 0 aromatic heterocycles. The molecule has 5 nitrogen and oxygen atoms in total. The summed E-state index contributed by atoms with van der Waals surface area (Å²) in [7, 11) is 1.62. The minimum Gasteiger partial charge on any atom is -0.496 e. The summed E-state index contributed by atoms with van der Waals surface area (Å²) >= 11 is 3.43. The van der Waals surface area contributed by atoms with E-state index < -0.39 is 5.91 Å². The number of rotatable bonds is 8. The van der Waals surface area contributed by atoms with E-state index in [1.807, 2.05) is 50.2 Å². The third kappa shape index (κ3) is 6.25. The van der Waals surface area contributed by atoms with Crippen molar-refractivity contribution in [1.82, 2.24) is 5.48 Å². The summed E-state index contributed by atoms with van der Waals surface area (Å²) in [5.41, 5.74) is 5.40. The van der Waals surface area contributed by atoms with Gasteiger partial charge in [-0.1, -0.05) is 39.7 Å². The normalized spacial score (nSPS) is 10.6.